The normalized spacial score (nSPS) is 15.4. The number of hydrogen-bond acceptors (Lipinski definition) is 4. The molecule has 1 heterocycles. The summed E-state index contributed by atoms with van der Waals surface area (Å²) in [4.78, 5) is 11.9. The largest absolute Gasteiger partial charge is 0.420 e. The van der Waals surface area contributed by atoms with E-state index < -0.39 is 0 Å². The Morgan fingerprint density at radius 1 is 1.20 bits per heavy atom. The molecule has 1 aliphatic rings. The fraction of sp³-hybridized carbons (Fsp3) is 0.400. The summed E-state index contributed by atoms with van der Waals surface area (Å²) in [6, 6.07) is 9.86. The number of aromatic nitrogens is 2. The van der Waals surface area contributed by atoms with Crippen molar-refractivity contribution < 1.29 is 9.21 Å². The molecule has 1 N–H and O–H groups in total. The standard InChI is InChI=1S/C15H17N3O2/c19-13(16-12-8-4-5-9-12)10-14-17-18-15(20-14)11-6-2-1-3-7-11/h1-3,6-7,12H,4-5,8-10H2,(H,16,19). The predicted molar refractivity (Wildman–Crippen MR) is 73.8 cm³/mol. The number of benzene rings is 1. The number of carbonyl (C=O) groups excluding carboxylic acids is 1. The molecule has 3 rings (SSSR count). The zero-order chi connectivity index (χ0) is 13.8. The quantitative estimate of drug-likeness (QED) is 0.926. The third-order valence-corrected chi connectivity index (χ3v) is 3.52. The van der Waals surface area contributed by atoms with Gasteiger partial charge in [-0.25, -0.2) is 0 Å². The molecule has 20 heavy (non-hydrogen) atoms. The zero-order valence-corrected chi connectivity index (χ0v) is 11.2. The zero-order valence-electron chi connectivity index (χ0n) is 11.2. The average molecular weight is 271 g/mol. The number of amides is 1. The van der Waals surface area contributed by atoms with Crippen molar-refractivity contribution in [2.75, 3.05) is 0 Å². The third-order valence-electron chi connectivity index (χ3n) is 3.52. The summed E-state index contributed by atoms with van der Waals surface area (Å²) in [7, 11) is 0. The van der Waals surface area contributed by atoms with Crippen molar-refractivity contribution in [3.05, 3.63) is 36.2 Å². The molecule has 1 aromatic heterocycles. The lowest BCUT2D eigenvalue weighted by atomic mass is 10.2. The highest BCUT2D eigenvalue weighted by Gasteiger charge is 2.19. The topological polar surface area (TPSA) is 68.0 Å². The van der Waals surface area contributed by atoms with Crippen LogP contribution in [0, 0.1) is 0 Å². The van der Waals surface area contributed by atoms with Gasteiger partial charge >= 0.3 is 0 Å². The van der Waals surface area contributed by atoms with Gasteiger partial charge in [-0.1, -0.05) is 31.0 Å². The summed E-state index contributed by atoms with van der Waals surface area (Å²) in [5.74, 6) is 0.772. The fourth-order valence-electron chi connectivity index (χ4n) is 2.51. The molecule has 104 valence electrons. The molecule has 0 saturated heterocycles. The van der Waals surface area contributed by atoms with E-state index in [1.165, 1.54) is 12.8 Å². The van der Waals surface area contributed by atoms with E-state index in [0.717, 1.165) is 18.4 Å². The summed E-state index contributed by atoms with van der Waals surface area (Å²) >= 11 is 0. The Kier molecular flexibility index (Phi) is 3.76. The van der Waals surface area contributed by atoms with Gasteiger partial charge in [0.25, 0.3) is 0 Å². The molecule has 1 amide bonds. The predicted octanol–water partition coefficient (Wildman–Crippen LogP) is 2.34. The smallest absolute Gasteiger partial charge is 0.247 e. The first kappa shape index (κ1) is 12.8. The minimum absolute atomic E-state index is 0.0415. The molecule has 0 bridgehead atoms. The van der Waals surface area contributed by atoms with Crippen LogP contribution in [0.3, 0.4) is 0 Å². The molecular formula is C15H17N3O2. The Hall–Kier alpha value is -2.17. The summed E-state index contributed by atoms with van der Waals surface area (Å²) in [5.41, 5.74) is 0.863. The average Bonchev–Trinajstić information content (AvgIpc) is 3.11. The SMILES string of the molecule is O=C(Cc1nnc(-c2ccccc2)o1)NC1CCCC1. The van der Waals surface area contributed by atoms with Crippen molar-refractivity contribution in [1.82, 2.24) is 15.5 Å². The van der Waals surface area contributed by atoms with Crippen LogP contribution in [0.5, 0.6) is 0 Å². The first-order valence-electron chi connectivity index (χ1n) is 6.98. The lowest BCUT2D eigenvalue weighted by Crippen LogP contribution is -2.33. The number of nitrogens with one attached hydrogen (secondary N) is 1. The van der Waals surface area contributed by atoms with Crippen molar-refractivity contribution in [2.24, 2.45) is 0 Å². The minimum Gasteiger partial charge on any atom is -0.420 e. The molecule has 0 atom stereocenters. The molecule has 5 nitrogen and oxygen atoms in total. The number of hydrogen-bond donors (Lipinski definition) is 1. The minimum atomic E-state index is -0.0415. The molecular weight excluding hydrogens is 254 g/mol. The van der Waals surface area contributed by atoms with Crippen LogP contribution < -0.4 is 5.32 Å². The van der Waals surface area contributed by atoms with Crippen LogP contribution in [0.1, 0.15) is 31.6 Å². The summed E-state index contributed by atoms with van der Waals surface area (Å²) in [6.07, 6.45) is 4.69. The highest BCUT2D eigenvalue weighted by atomic mass is 16.4. The van der Waals surface area contributed by atoms with Crippen LogP contribution in [-0.2, 0) is 11.2 Å². The van der Waals surface area contributed by atoms with E-state index in [0.29, 0.717) is 17.8 Å². The van der Waals surface area contributed by atoms with E-state index in [4.69, 9.17) is 4.42 Å². The monoisotopic (exact) mass is 271 g/mol. The second-order valence-corrected chi connectivity index (χ2v) is 5.09. The van der Waals surface area contributed by atoms with Gasteiger partial charge in [0.2, 0.25) is 17.7 Å². The molecule has 0 spiro atoms. The van der Waals surface area contributed by atoms with Gasteiger partial charge in [0.1, 0.15) is 6.42 Å². The molecule has 0 unspecified atom stereocenters. The van der Waals surface area contributed by atoms with E-state index in [-0.39, 0.29) is 12.3 Å². The van der Waals surface area contributed by atoms with Gasteiger partial charge in [0.05, 0.1) is 0 Å². The summed E-state index contributed by atoms with van der Waals surface area (Å²) in [6.45, 7) is 0. The van der Waals surface area contributed by atoms with Gasteiger partial charge in [-0.05, 0) is 25.0 Å². The molecule has 5 heteroatoms. The van der Waals surface area contributed by atoms with Crippen molar-refractivity contribution in [3.8, 4) is 11.5 Å². The maximum Gasteiger partial charge on any atom is 0.247 e. The summed E-state index contributed by atoms with van der Waals surface area (Å²) in [5, 5.41) is 10.9. The Labute approximate surface area is 117 Å². The lowest BCUT2D eigenvalue weighted by molar-refractivity contribution is -0.121. The van der Waals surface area contributed by atoms with Crippen LogP contribution in [0.2, 0.25) is 0 Å². The van der Waals surface area contributed by atoms with Gasteiger partial charge in [-0.15, -0.1) is 10.2 Å². The molecule has 1 saturated carbocycles. The van der Waals surface area contributed by atoms with Crippen LogP contribution in [0.25, 0.3) is 11.5 Å². The first-order chi connectivity index (χ1) is 9.81. The number of nitrogens with zero attached hydrogens (tertiary/aromatic N) is 2. The van der Waals surface area contributed by atoms with Gasteiger partial charge in [0.15, 0.2) is 0 Å². The fourth-order valence-corrected chi connectivity index (χ4v) is 2.51. The van der Waals surface area contributed by atoms with E-state index in [2.05, 4.69) is 15.5 Å². The second-order valence-electron chi connectivity index (χ2n) is 5.09. The first-order valence-corrected chi connectivity index (χ1v) is 6.98. The van der Waals surface area contributed by atoms with Crippen LogP contribution in [0.15, 0.2) is 34.7 Å². The van der Waals surface area contributed by atoms with Crippen molar-refractivity contribution in [3.63, 3.8) is 0 Å². The molecule has 0 aliphatic heterocycles. The van der Waals surface area contributed by atoms with Crippen molar-refractivity contribution in [1.29, 1.82) is 0 Å². The third kappa shape index (κ3) is 3.04. The highest BCUT2D eigenvalue weighted by Crippen LogP contribution is 2.19. The number of rotatable bonds is 4. The molecule has 1 aliphatic carbocycles. The highest BCUT2D eigenvalue weighted by molar-refractivity contribution is 5.77. The van der Waals surface area contributed by atoms with Gasteiger partial charge in [-0.2, -0.15) is 0 Å². The second kappa shape index (κ2) is 5.86. The van der Waals surface area contributed by atoms with Crippen molar-refractivity contribution >= 4 is 5.91 Å². The van der Waals surface area contributed by atoms with Crippen LogP contribution in [-0.4, -0.2) is 22.1 Å². The molecule has 1 fully saturated rings. The number of carbonyl (C=O) groups is 1. The Balaban J connectivity index is 1.61. The van der Waals surface area contributed by atoms with E-state index >= 15 is 0 Å². The van der Waals surface area contributed by atoms with E-state index in [9.17, 15) is 4.79 Å². The Morgan fingerprint density at radius 2 is 1.95 bits per heavy atom. The van der Waals surface area contributed by atoms with E-state index in [1.807, 2.05) is 30.3 Å². The van der Waals surface area contributed by atoms with Gasteiger partial charge in [0, 0.05) is 11.6 Å². The van der Waals surface area contributed by atoms with Gasteiger partial charge < -0.3 is 9.73 Å². The Morgan fingerprint density at radius 3 is 2.70 bits per heavy atom. The van der Waals surface area contributed by atoms with Crippen molar-refractivity contribution in [2.45, 2.75) is 38.1 Å². The maximum absolute atomic E-state index is 11.9. The van der Waals surface area contributed by atoms with Crippen LogP contribution in [0.4, 0.5) is 0 Å². The lowest BCUT2D eigenvalue weighted by Gasteiger charge is -2.10. The Bertz CT molecular complexity index is 574. The molecule has 2 aromatic rings. The maximum atomic E-state index is 11.9. The van der Waals surface area contributed by atoms with Crippen LogP contribution >= 0.6 is 0 Å². The molecule has 1 aromatic carbocycles. The van der Waals surface area contributed by atoms with Gasteiger partial charge in [-0.3, -0.25) is 4.79 Å². The molecule has 0 radical (unpaired) electrons. The van der Waals surface area contributed by atoms with E-state index in [1.54, 1.807) is 0 Å². The summed E-state index contributed by atoms with van der Waals surface area (Å²) < 4.78 is 5.52.